The van der Waals surface area contributed by atoms with Crippen molar-refractivity contribution in [3.8, 4) is 5.75 Å². The number of benzene rings is 2. The first-order valence-corrected chi connectivity index (χ1v) is 10.2. The molecular weight excluding hydrogens is 404 g/mol. The van der Waals surface area contributed by atoms with Crippen molar-refractivity contribution in [2.45, 2.75) is 33.4 Å². The minimum Gasteiger partial charge on any atom is -0.489 e. The Morgan fingerprint density at radius 2 is 1.83 bits per heavy atom. The van der Waals surface area contributed by atoms with Crippen LogP contribution in [0.25, 0.3) is 0 Å². The Morgan fingerprint density at radius 1 is 1.13 bits per heavy atom. The Labute approximate surface area is 181 Å². The van der Waals surface area contributed by atoms with Crippen molar-refractivity contribution in [3.63, 3.8) is 0 Å². The lowest BCUT2D eigenvalue weighted by Crippen LogP contribution is -2.47. The van der Waals surface area contributed by atoms with E-state index in [1.54, 1.807) is 19.1 Å². The summed E-state index contributed by atoms with van der Waals surface area (Å²) in [5.74, 6) is 0.0378. The highest BCUT2D eigenvalue weighted by Crippen LogP contribution is 2.35. The van der Waals surface area contributed by atoms with Crippen molar-refractivity contribution in [3.05, 3.63) is 76.0 Å². The Kier molecular flexibility index (Phi) is 7.00. The van der Waals surface area contributed by atoms with E-state index in [1.165, 1.54) is 0 Å². The molecule has 1 heterocycles. The van der Waals surface area contributed by atoms with E-state index in [0.29, 0.717) is 34.2 Å². The number of hydrogen-bond donors (Lipinski definition) is 2. The predicted molar refractivity (Wildman–Crippen MR) is 115 cm³/mol. The molecule has 6 nitrogen and oxygen atoms in total. The van der Waals surface area contributed by atoms with Crippen molar-refractivity contribution < 1.29 is 19.1 Å². The van der Waals surface area contributed by atoms with Gasteiger partial charge in [0.05, 0.1) is 18.2 Å². The van der Waals surface area contributed by atoms with E-state index in [4.69, 9.17) is 21.1 Å². The molecule has 0 bridgehead atoms. The number of carbonyl (C=O) groups excluding carboxylic acids is 2. The summed E-state index contributed by atoms with van der Waals surface area (Å²) in [7, 11) is 0. The fourth-order valence-electron chi connectivity index (χ4n) is 3.30. The molecule has 0 spiro atoms. The van der Waals surface area contributed by atoms with E-state index in [0.717, 1.165) is 5.56 Å². The van der Waals surface area contributed by atoms with E-state index >= 15 is 0 Å². The number of amides is 2. The largest absolute Gasteiger partial charge is 0.489 e. The number of rotatable bonds is 7. The fourth-order valence-corrected chi connectivity index (χ4v) is 3.43. The summed E-state index contributed by atoms with van der Waals surface area (Å²) < 4.78 is 11.3. The van der Waals surface area contributed by atoms with E-state index < -0.39 is 12.0 Å². The van der Waals surface area contributed by atoms with Crippen LogP contribution in [0.1, 0.15) is 37.9 Å². The van der Waals surface area contributed by atoms with Crippen LogP contribution in [-0.2, 0) is 16.1 Å². The van der Waals surface area contributed by atoms with Crippen molar-refractivity contribution in [1.82, 2.24) is 10.6 Å². The van der Waals surface area contributed by atoms with E-state index in [2.05, 4.69) is 10.6 Å². The monoisotopic (exact) mass is 428 g/mol. The van der Waals surface area contributed by atoms with Gasteiger partial charge in [0.15, 0.2) is 0 Å². The van der Waals surface area contributed by atoms with Crippen LogP contribution < -0.4 is 15.4 Å². The molecule has 3 rings (SSSR count). The molecule has 2 amide bonds. The third kappa shape index (κ3) is 4.94. The SMILES string of the molecule is CCOC(=O)C1=C(C(C)C)NC(=O)NC1c1ccccc1OCc1ccc(Cl)cc1. The molecule has 1 atom stereocenters. The molecule has 0 saturated carbocycles. The van der Waals surface area contributed by atoms with Gasteiger partial charge in [-0.15, -0.1) is 0 Å². The molecule has 1 aliphatic heterocycles. The normalized spacial score (nSPS) is 16.2. The number of carbonyl (C=O) groups is 2. The molecule has 0 radical (unpaired) electrons. The van der Waals surface area contributed by atoms with Gasteiger partial charge in [0.2, 0.25) is 0 Å². The maximum absolute atomic E-state index is 12.8. The lowest BCUT2D eigenvalue weighted by Gasteiger charge is -2.31. The van der Waals surface area contributed by atoms with Gasteiger partial charge in [0, 0.05) is 16.3 Å². The zero-order chi connectivity index (χ0) is 21.7. The lowest BCUT2D eigenvalue weighted by molar-refractivity contribution is -0.139. The summed E-state index contributed by atoms with van der Waals surface area (Å²) >= 11 is 5.94. The van der Waals surface area contributed by atoms with Crippen LogP contribution in [0.5, 0.6) is 5.75 Å². The zero-order valence-electron chi connectivity index (χ0n) is 17.2. The molecular formula is C23H25ClN2O4. The first-order valence-electron chi connectivity index (χ1n) is 9.85. The van der Waals surface area contributed by atoms with Crippen LogP contribution in [0.15, 0.2) is 59.8 Å². The van der Waals surface area contributed by atoms with Gasteiger partial charge >= 0.3 is 12.0 Å². The second kappa shape index (κ2) is 9.67. The van der Waals surface area contributed by atoms with E-state index in [-0.39, 0.29) is 18.6 Å². The zero-order valence-corrected chi connectivity index (χ0v) is 18.0. The van der Waals surface area contributed by atoms with E-state index in [9.17, 15) is 9.59 Å². The second-order valence-corrected chi connectivity index (χ2v) is 7.62. The molecule has 0 saturated heterocycles. The summed E-state index contributed by atoms with van der Waals surface area (Å²) in [5, 5.41) is 6.26. The van der Waals surface area contributed by atoms with Crippen LogP contribution in [0.3, 0.4) is 0 Å². The average molecular weight is 429 g/mol. The fraction of sp³-hybridized carbons (Fsp3) is 0.304. The Morgan fingerprint density at radius 3 is 2.50 bits per heavy atom. The van der Waals surface area contributed by atoms with Crippen LogP contribution in [-0.4, -0.2) is 18.6 Å². The van der Waals surface area contributed by atoms with Crippen LogP contribution in [0, 0.1) is 5.92 Å². The molecule has 2 aromatic carbocycles. The second-order valence-electron chi connectivity index (χ2n) is 7.19. The van der Waals surface area contributed by atoms with Gasteiger partial charge in [-0.25, -0.2) is 9.59 Å². The minimum absolute atomic E-state index is 0.0693. The minimum atomic E-state index is -0.684. The highest BCUT2D eigenvalue weighted by atomic mass is 35.5. The van der Waals surface area contributed by atoms with Crippen molar-refractivity contribution in [2.75, 3.05) is 6.61 Å². The predicted octanol–water partition coefficient (Wildman–Crippen LogP) is 4.75. The molecule has 0 aromatic heterocycles. The van der Waals surface area contributed by atoms with Gasteiger partial charge in [-0.3, -0.25) is 0 Å². The van der Waals surface area contributed by atoms with Crippen LogP contribution in [0.4, 0.5) is 4.79 Å². The number of esters is 1. The highest BCUT2D eigenvalue weighted by molar-refractivity contribution is 6.30. The smallest absolute Gasteiger partial charge is 0.338 e. The van der Waals surface area contributed by atoms with Crippen molar-refractivity contribution >= 4 is 23.6 Å². The van der Waals surface area contributed by atoms with Gasteiger partial charge in [-0.05, 0) is 36.6 Å². The van der Waals surface area contributed by atoms with Gasteiger partial charge < -0.3 is 20.1 Å². The average Bonchev–Trinajstić information content (AvgIpc) is 2.73. The summed E-state index contributed by atoms with van der Waals surface area (Å²) in [6, 6.07) is 13.7. The van der Waals surface area contributed by atoms with E-state index in [1.807, 2.05) is 50.2 Å². The quantitative estimate of drug-likeness (QED) is 0.624. The molecule has 1 aliphatic rings. The Balaban J connectivity index is 1.97. The number of urea groups is 1. The third-order valence-electron chi connectivity index (χ3n) is 4.71. The summed E-state index contributed by atoms with van der Waals surface area (Å²) in [6.45, 7) is 6.15. The van der Waals surface area contributed by atoms with Gasteiger partial charge in [0.25, 0.3) is 0 Å². The topological polar surface area (TPSA) is 76.7 Å². The number of nitrogens with one attached hydrogen (secondary N) is 2. The molecule has 0 fully saturated rings. The number of halogens is 1. The lowest BCUT2D eigenvalue weighted by atomic mass is 9.91. The number of para-hydroxylation sites is 1. The first kappa shape index (κ1) is 21.7. The first-order chi connectivity index (χ1) is 14.4. The number of allylic oxidation sites excluding steroid dienone is 1. The standard InChI is InChI=1S/C23H25ClN2O4/c1-4-29-22(27)19-20(14(2)3)25-23(28)26-21(19)17-7-5-6-8-18(17)30-13-15-9-11-16(24)12-10-15/h5-12,14,21H,4,13H2,1-3H3,(H2,25,26,28). The van der Waals surface area contributed by atoms with Crippen molar-refractivity contribution in [2.24, 2.45) is 5.92 Å². The Hall–Kier alpha value is -2.99. The van der Waals surface area contributed by atoms with Crippen LogP contribution >= 0.6 is 11.6 Å². The number of ether oxygens (including phenoxy) is 2. The Bertz CT molecular complexity index is 954. The summed E-state index contributed by atoms with van der Waals surface area (Å²) in [4.78, 5) is 25.1. The maximum Gasteiger partial charge on any atom is 0.338 e. The van der Waals surface area contributed by atoms with Gasteiger partial charge in [-0.2, -0.15) is 0 Å². The molecule has 7 heteroatoms. The number of hydrogen-bond acceptors (Lipinski definition) is 4. The molecule has 0 aliphatic carbocycles. The summed E-state index contributed by atoms with van der Waals surface area (Å²) in [5.41, 5.74) is 2.57. The molecule has 1 unspecified atom stereocenters. The van der Waals surface area contributed by atoms with Gasteiger partial charge in [-0.1, -0.05) is 55.8 Å². The molecule has 30 heavy (non-hydrogen) atoms. The van der Waals surface area contributed by atoms with Crippen LogP contribution in [0.2, 0.25) is 5.02 Å². The third-order valence-corrected chi connectivity index (χ3v) is 4.96. The molecule has 2 aromatic rings. The highest BCUT2D eigenvalue weighted by Gasteiger charge is 2.36. The maximum atomic E-state index is 12.8. The molecule has 2 N–H and O–H groups in total. The van der Waals surface area contributed by atoms with Gasteiger partial charge in [0.1, 0.15) is 12.4 Å². The van der Waals surface area contributed by atoms with Crippen molar-refractivity contribution in [1.29, 1.82) is 0 Å². The molecule has 158 valence electrons. The summed E-state index contributed by atoms with van der Waals surface area (Å²) in [6.07, 6.45) is 0.